The Morgan fingerprint density at radius 2 is 2.00 bits per heavy atom. The summed E-state index contributed by atoms with van der Waals surface area (Å²) >= 11 is 7.02. The molecular weight excluding hydrogens is 402 g/mol. The van der Waals surface area contributed by atoms with Crippen molar-refractivity contribution in [2.75, 3.05) is 24.0 Å². The maximum Gasteiger partial charge on any atom is 0.234 e. The average molecular weight is 420 g/mol. The highest BCUT2D eigenvalue weighted by atomic mass is 35.5. The van der Waals surface area contributed by atoms with E-state index in [0.29, 0.717) is 33.2 Å². The topological polar surface area (TPSA) is 104 Å². The Hall–Kier alpha value is -2.91. The van der Waals surface area contributed by atoms with Crippen molar-refractivity contribution < 1.29 is 14.3 Å². The van der Waals surface area contributed by atoms with E-state index in [1.165, 1.54) is 16.4 Å². The Bertz CT molecular complexity index is 949. The van der Waals surface area contributed by atoms with Gasteiger partial charge < -0.3 is 20.6 Å². The first kappa shape index (κ1) is 19.8. The summed E-state index contributed by atoms with van der Waals surface area (Å²) in [6.07, 6.45) is 0. The number of methoxy groups -OCH3 is 1. The Kier molecular flexibility index (Phi) is 6.62. The van der Waals surface area contributed by atoms with Crippen molar-refractivity contribution in [1.29, 1.82) is 0 Å². The van der Waals surface area contributed by atoms with Gasteiger partial charge in [0, 0.05) is 16.8 Å². The fourth-order valence-electron chi connectivity index (χ4n) is 2.21. The second-order valence-corrected chi connectivity index (χ2v) is 6.96. The molecule has 146 valence electrons. The van der Waals surface area contributed by atoms with Gasteiger partial charge in [-0.1, -0.05) is 29.4 Å². The van der Waals surface area contributed by atoms with E-state index in [1.807, 2.05) is 0 Å². The van der Waals surface area contributed by atoms with Gasteiger partial charge >= 0.3 is 0 Å². The first-order valence-electron chi connectivity index (χ1n) is 8.19. The van der Waals surface area contributed by atoms with Crippen LogP contribution in [0.3, 0.4) is 0 Å². The van der Waals surface area contributed by atoms with E-state index >= 15 is 0 Å². The van der Waals surface area contributed by atoms with Crippen molar-refractivity contribution in [3.05, 3.63) is 59.4 Å². The van der Waals surface area contributed by atoms with Crippen LogP contribution in [0.25, 0.3) is 0 Å². The molecule has 3 aromatic rings. The number of carbonyl (C=O) groups is 1. The number of carbonyl (C=O) groups excluding carboxylic acids is 1. The maximum atomic E-state index is 12.1. The van der Waals surface area contributed by atoms with E-state index in [0.717, 1.165) is 0 Å². The van der Waals surface area contributed by atoms with Crippen LogP contribution >= 0.6 is 23.4 Å². The summed E-state index contributed by atoms with van der Waals surface area (Å²) in [4.78, 5) is 12.1. The summed E-state index contributed by atoms with van der Waals surface area (Å²) in [7, 11) is 1.57. The Labute approximate surface area is 171 Å². The SMILES string of the molecule is COc1cccc(NC(=O)CSc2nnc(COc3ccc(Cl)cc3)n2N)c1. The van der Waals surface area contributed by atoms with Gasteiger partial charge in [0.2, 0.25) is 11.1 Å². The third-order valence-electron chi connectivity index (χ3n) is 3.60. The number of rotatable bonds is 8. The van der Waals surface area contributed by atoms with Gasteiger partial charge in [-0.15, -0.1) is 10.2 Å². The molecule has 1 heterocycles. The molecule has 0 bridgehead atoms. The summed E-state index contributed by atoms with van der Waals surface area (Å²) < 4.78 is 12.0. The number of thioether (sulfide) groups is 1. The predicted molar refractivity (Wildman–Crippen MR) is 108 cm³/mol. The molecule has 0 unspecified atom stereocenters. The summed E-state index contributed by atoms with van der Waals surface area (Å²) in [6.45, 7) is 0.141. The van der Waals surface area contributed by atoms with Gasteiger partial charge in [-0.05, 0) is 36.4 Å². The lowest BCUT2D eigenvalue weighted by Gasteiger charge is -2.07. The van der Waals surface area contributed by atoms with Crippen molar-refractivity contribution in [2.45, 2.75) is 11.8 Å². The summed E-state index contributed by atoms with van der Waals surface area (Å²) in [6, 6.07) is 14.1. The van der Waals surface area contributed by atoms with Crippen LogP contribution in [-0.4, -0.2) is 33.6 Å². The quantitative estimate of drug-likeness (QED) is 0.427. The molecule has 2 aromatic carbocycles. The molecule has 1 aromatic heterocycles. The van der Waals surface area contributed by atoms with E-state index in [2.05, 4.69) is 15.5 Å². The highest BCUT2D eigenvalue weighted by Crippen LogP contribution is 2.20. The zero-order valence-electron chi connectivity index (χ0n) is 15.0. The smallest absolute Gasteiger partial charge is 0.234 e. The molecule has 3 N–H and O–H groups in total. The number of anilines is 1. The Morgan fingerprint density at radius 3 is 2.75 bits per heavy atom. The van der Waals surface area contributed by atoms with E-state index in [1.54, 1.807) is 55.6 Å². The van der Waals surface area contributed by atoms with Gasteiger partial charge in [0.1, 0.15) is 18.1 Å². The lowest BCUT2D eigenvalue weighted by Crippen LogP contribution is -2.18. The minimum absolute atomic E-state index is 0.130. The minimum Gasteiger partial charge on any atom is -0.497 e. The monoisotopic (exact) mass is 419 g/mol. The highest BCUT2D eigenvalue weighted by molar-refractivity contribution is 7.99. The number of nitrogens with zero attached hydrogens (tertiary/aromatic N) is 3. The molecule has 0 aliphatic rings. The number of ether oxygens (including phenoxy) is 2. The molecule has 0 fully saturated rings. The summed E-state index contributed by atoms with van der Waals surface area (Å²) in [5.74, 6) is 7.66. The van der Waals surface area contributed by atoms with Crippen LogP contribution in [0, 0.1) is 0 Å². The first-order valence-corrected chi connectivity index (χ1v) is 9.56. The van der Waals surface area contributed by atoms with Crippen LogP contribution in [0.4, 0.5) is 5.69 Å². The van der Waals surface area contributed by atoms with Crippen molar-refractivity contribution in [1.82, 2.24) is 14.9 Å². The van der Waals surface area contributed by atoms with E-state index in [-0.39, 0.29) is 18.3 Å². The number of hydrogen-bond donors (Lipinski definition) is 2. The molecular formula is C18H18ClN5O3S. The Morgan fingerprint density at radius 1 is 1.21 bits per heavy atom. The van der Waals surface area contributed by atoms with Crippen molar-refractivity contribution >= 4 is 35.0 Å². The fourth-order valence-corrected chi connectivity index (χ4v) is 3.01. The number of nitrogen functional groups attached to an aromatic ring is 1. The van der Waals surface area contributed by atoms with Gasteiger partial charge in [-0.25, -0.2) is 4.68 Å². The number of amides is 1. The molecule has 8 nitrogen and oxygen atoms in total. The highest BCUT2D eigenvalue weighted by Gasteiger charge is 2.13. The van der Waals surface area contributed by atoms with Crippen LogP contribution in [0.15, 0.2) is 53.7 Å². The van der Waals surface area contributed by atoms with Gasteiger partial charge in [0.05, 0.1) is 12.9 Å². The number of nitrogens with one attached hydrogen (secondary N) is 1. The van der Waals surface area contributed by atoms with E-state index in [4.69, 9.17) is 26.9 Å². The Balaban J connectivity index is 1.52. The molecule has 0 saturated heterocycles. The van der Waals surface area contributed by atoms with Crippen LogP contribution in [0.5, 0.6) is 11.5 Å². The van der Waals surface area contributed by atoms with Crippen molar-refractivity contribution in [2.24, 2.45) is 0 Å². The molecule has 0 atom stereocenters. The predicted octanol–water partition coefficient (Wildman–Crippen LogP) is 2.96. The third kappa shape index (κ3) is 5.30. The van der Waals surface area contributed by atoms with Crippen LogP contribution in [0.1, 0.15) is 5.82 Å². The molecule has 0 radical (unpaired) electrons. The van der Waals surface area contributed by atoms with Crippen LogP contribution < -0.4 is 20.6 Å². The van der Waals surface area contributed by atoms with Gasteiger partial charge in [-0.3, -0.25) is 4.79 Å². The van der Waals surface area contributed by atoms with E-state index < -0.39 is 0 Å². The standard InChI is InChI=1S/C18H18ClN5O3S/c1-26-15-4-2-3-13(9-15)21-17(25)11-28-18-23-22-16(24(18)20)10-27-14-7-5-12(19)6-8-14/h2-9H,10-11,20H2,1H3,(H,21,25). The summed E-state index contributed by atoms with van der Waals surface area (Å²) in [5.41, 5.74) is 0.649. The van der Waals surface area contributed by atoms with Gasteiger partial charge in [0.15, 0.2) is 5.82 Å². The molecule has 1 amide bonds. The second-order valence-electron chi connectivity index (χ2n) is 5.58. The molecule has 0 spiro atoms. The number of halogens is 1. The number of hydrogen-bond acceptors (Lipinski definition) is 7. The minimum atomic E-state index is -0.194. The number of aromatic nitrogens is 3. The average Bonchev–Trinajstić information content (AvgIpc) is 3.05. The largest absolute Gasteiger partial charge is 0.497 e. The first-order chi connectivity index (χ1) is 13.5. The maximum absolute atomic E-state index is 12.1. The summed E-state index contributed by atoms with van der Waals surface area (Å²) in [5, 5.41) is 11.8. The molecule has 28 heavy (non-hydrogen) atoms. The number of benzene rings is 2. The van der Waals surface area contributed by atoms with Gasteiger partial charge in [-0.2, -0.15) is 0 Å². The third-order valence-corrected chi connectivity index (χ3v) is 4.80. The van der Waals surface area contributed by atoms with Gasteiger partial charge in [0.25, 0.3) is 0 Å². The molecule has 3 rings (SSSR count). The van der Waals surface area contributed by atoms with Crippen LogP contribution in [-0.2, 0) is 11.4 Å². The second kappa shape index (κ2) is 9.34. The van der Waals surface area contributed by atoms with E-state index in [9.17, 15) is 4.79 Å². The molecule has 0 aliphatic heterocycles. The molecule has 0 saturated carbocycles. The molecule has 10 heteroatoms. The van der Waals surface area contributed by atoms with Crippen molar-refractivity contribution in [3.63, 3.8) is 0 Å². The fraction of sp³-hybridized carbons (Fsp3) is 0.167. The molecule has 0 aliphatic carbocycles. The zero-order chi connectivity index (χ0) is 19.9. The van der Waals surface area contributed by atoms with Crippen molar-refractivity contribution in [3.8, 4) is 11.5 Å². The lowest BCUT2D eigenvalue weighted by molar-refractivity contribution is -0.113. The lowest BCUT2D eigenvalue weighted by atomic mass is 10.3. The zero-order valence-corrected chi connectivity index (χ0v) is 16.5. The normalized spacial score (nSPS) is 10.5. The number of nitrogens with two attached hydrogens (primary N) is 1. The van der Waals surface area contributed by atoms with Crippen LogP contribution in [0.2, 0.25) is 5.02 Å².